The molecule has 176 valence electrons. The fourth-order valence-corrected chi connectivity index (χ4v) is 5.51. The van der Waals surface area contributed by atoms with E-state index in [1.807, 2.05) is 6.07 Å². The number of H-pyrrole nitrogens is 1. The lowest BCUT2D eigenvalue weighted by Crippen LogP contribution is -2.29. The average Bonchev–Trinajstić information content (AvgIpc) is 3.64. The molecule has 3 fully saturated rings. The lowest BCUT2D eigenvalue weighted by Gasteiger charge is -2.23. The maximum absolute atomic E-state index is 14.0. The Morgan fingerprint density at radius 1 is 1.06 bits per heavy atom. The van der Waals surface area contributed by atoms with Crippen LogP contribution in [-0.2, 0) is 0 Å². The van der Waals surface area contributed by atoms with E-state index in [4.69, 9.17) is 0 Å². The maximum atomic E-state index is 14.0. The smallest absolute Gasteiger partial charge is 0.266 e. The molecule has 0 aliphatic carbocycles. The molecule has 0 saturated carbocycles. The highest BCUT2D eigenvalue weighted by Gasteiger charge is 2.41. The Kier molecular flexibility index (Phi) is 4.96. The van der Waals surface area contributed by atoms with Gasteiger partial charge in [-0.05, 0) is 49.9 Å². The minimum absolute atomic E-state index is 0.156. The highest BCUT2D eigenvalue weighted by molar-refractivity contribution is 6.08. The van der Waals surface area contributed by atoms with Gasteiger partial charge in [-0.3, -0.25) is 9.89 Å². The quantitative estimate of drug-likeness (QED) is 0.590. The summed E-state index contributed by atoms with van der Waals surface area (Å²) in [6, 6.07) is 8.24. The van der Waals surface area contributed by atoms with Gasteiger partial charge >= 0.3 is 0 Å². The first kappa shape index (κ1) is 21.0. The van der Waals surface area contributed by atoms with Gasteiger partial charge in [0.15, 0.2) is 5.82 Å². The molecule has 3 aromatic heterocycles. The predicted molar refractivity (Wildman–Crippen MR) is 124 cm³/mol. The van der Waals surface area contributed by atoms with Crippen LogP contribution < -0.4 is 15.1 Å². The molecule has 8 nitrogen and oxygen atoms in total. The SMILES string of the molecule is O=C(Nc1c(-c2ccn[nH]2)ccnc1N1CCC(F)(F)C1)c1ccc(N2C3CCC2CC3)nc1. The van der Waals surface area contributed by atoms with Gasteiger partial charge in [0.25, 0.3) is 11.8 Å². The molecule has 6 rings (SSSR count). The number of anilines is 3. The number of carbonyl (C=O) groups excluding carboxylic acids is 1. The Balaban J connectivity index is 1.29. The Morgan fingerprint density at radius 3 is 2.47 bits per heavy atom. The summed E-state index contributed by atoms with van der Waals surface area (Å²) in [6.07, 6.45) is 9.28. The van der Waals surface area contributed by atoms with Crippen molar-refractivity contribution in [3.8, 4) is 11.3 Å². The molecule has 3 aliphatic heterocycles. The number of hydrogen-bond donors (Lipinski definition) is 2. The first-order valence-corrected chi connectivity index (χ1v) is 11.7. The van der Waals surface area contributed by atoms with Crippen molar-refractivity contribution in [1.29, 1.82) is 0 Å². The molecular weight excluding hydrogens is 440 g/mol. The van der Waals surface area contributed by atoms with Crippen LogP contribution in [0.25, 0.3) is 11.3 Å². The molecule has 1 amide bonds. The summed E-state index contributed by atoms with van der Waals surface area (Å²) in [5.74, 6) is -1.94. The number of carbonyl (C=O) groups is 1. The van der Waals surface area contributed by atoms with Crippen LogP contribution in [0.5, 0.6) is 0 Å². The summed E-state index contributed by atoms with van der Waals surface area (Å²) in [5, 5.41) is 9.78. The minimum Gasteiger partial charge on any atom is -0.351 e. The Hall–Kier alpha value is -3.56. The zero-order valence-electron chi connectivity index (χ0n) is 18.5. The van der Waals surface area contributed by atoms with Crippen molar-refractivity contribution in [3.05, 3.63) is 48.4 Å². The molecule has 3 aromatic rings. The van der Waals surface area contributed by atoms with E-state index in [9.17, 15) is 13.6 Å². The second-order valence-corrected chi connectivity index (χ2v) is 9.28. The molecule has 6 heterocycles. The standard InChI is InChI=1S/C24H25F2N7O/c25-24(26)9-12-32(14-24)22-21(18(7-10-27-22)19-8-11-29-31-19)30-23(34)15-1-6-20(28-13-15)33-16-2-3-17(33)5-4-16/h1,6-8,10-11,13,16-17H,2-5,9,12,14H2,(H,29,31)(H,30,34). The van der Waals surface area contributed by atoms with Crippen molar-refractivity contribution in [2.24, 2.45) is 0 Å². The third-order valence-corrected chi connectivity index (χ3v) is 7.16. The summed E-state index contributed by atoms with van der Waals surface area (Å²) >= 11 is 0. The molecule has 2 N–H and O–H groups in total. The van der Waals surface area contributed by atoms with Crippen LogP contribution in [0.3, 0.4) is 0 Å². The Morgan fingerprint density at radius 2 is 1.85 bits per heavy atom. The van der Waals surface area contributed by atoms with Crippen LogP contribution in [-0.4, -0.2) is 57.2 Å². The Bertz CT molecular complexity index is 1180. The third kappa shape index (κ3) is 3.66. The van der Waals surface area contributed by atoms with Crippen molar-refractivity contribution in [3.63, 3.8) is 0 Å². The van der Waals surface area contributed by atoms with Crippen molar-refractivity contribution in [1.82, 2.24) is 20.2 Å². The summed E-state index contributed by atoms with van der Waals surface area (Å²) in [5.41, 5.74) is 2.05. The number of halogens is 2. The van der Waals surface area contributed by atoms with Crippen molar-refractivity contribution in [2.45, 2.75) is 50.1 Å². The topological polar surface area (TPSA) is 90.0 Å². The monoisotopic (exact) mass is 465 g/mol. The summed E-state index contributed by atoms with van der Waals surface area (Å²) in [4.78, 5) is 26.0. The molecule has 34 heavy (non-hydrogen) atoms. The number of nitrogens with one attached hydrogen (secondary N) is 2. The fourth-order valence-electron chi connectivity index (χ4n) is 5.51. The number of pyridine rings is 2. The summed E-state index contributed by atoms with van der Waals surface area (Å²) in [7, 11) is 0. The number of rotatable bonds is 5. The lowest BCUT2D eigenvalue weighted by molar-refractivity contribution is 0.0257. The fraction of sp³-hybridized carbons (Fsp3) is 0.417. The van der Waals surface area contributed by atoms with Crippen LogP contribution >= 0.6 is 0 Å². The van der Waals surface area contributed by atoms with E-state index >= 15 is 0 Å². The van der Waals surface area contributed by atoms with Crippen LogP contribution in [0.15, 0.2) is 42.9 Å². The third-order valence-electron chi connectivity index (χ3n) is 7.16. The van der Waals surface area contributed by atoms with Crippen molar-refractivity contribution in [2.75, 3.05) is 28.2 Å². The van der Waals surface area contributed by atoms with Gasteiger partial charge in [-0.15, -0.1) is 0 Å². The first-order chi connectivity index (χ1) is 16.5. The summed E-state index contributed by atoms with van der Waals surface area (Å²) < 4.78 is 27.9. The van der Waals surface area contributed by atoms with E-state index in [0.29, 0.717) is 40.4 Å². The van der Waals surface area contributed by atoms with E-state index in [-0.39, 0.29) is 18.9 Å². The van der Waals surface area contributed by atoms with Gasteiger partial charge in [0.05, 0.1) is 23.5 Å². The van der Waals surface area contributed by atoms with E-state index in [0.717, 1.165) is 5.82 Å². The highest BCUT2D eigenvalue weighted by Crippen LogP contribution is 2.41. The molecule has 0 unspecified atom stereocenters. The van der Waals surface area contributed by atoms with Crippen molar-refractivity contribution < 1.29 is 13.6 Å². The van der Waals surface area contributed by atoms with Gasteiger partial charge in [0.2, 0.25) is 0 Å². The number of aromatic nitrogens is 4. The minimum atomic E-state index is -2.79. The van der Waals surface area contributed by atoms with Gasteiger partial charge in [-0.25, -0.2) is 18.7 Å². The zero-order chi connectivity index (χ0) is 23.3. The van der Waals surface area contributed by atoms with Gasteiger partial charge < -0.3 is 15.1 Å². The first-order valence-electron chi connectivity index (χ1n) is 11.7. The van der Waals surface area contributed by atoms with Gasteiger partial charge in [-0.2, -0.15) is 5.10 Å². The highest BCUT2D eigenvalue weighted by atomic mass is 19.3. The van der Waals surface area contributed by atoms with Gasteiger partial charge in [-0.1, -0.05) is 0 Å². The van der Waals surface area contributed by atoms with E-state index in [1.54, 1.807) is 36.8 Å². The largest absolute Gasteiger partial charge is 0.351 e. The Labute approximate surface area is 195 Å². The van der Waals surface area contributed by atoms with Crippen LogP contribution in [0.1, 0.15) is 42.5 Å². The van der Waals surface area contributed by atoms with Crippen LogP contribution in [0.2, 0.25) is 0 Å². The molecule has 0 radical (unpaired) electrons. The number of fused-ring (bicyclic) bond motifs is 2. The number of aromatic amines is 1. The predicted octanol–water partition coefficient (Wildman–Crippen LogP) is 4.10. The molecule has 2 bridgehead atoms. The second kappa shape index (κ2) is 8.03. The van der Waals surface area contributed by atoms with Gasteiger partial charge in [0, 0.05) is 49.2 Å². The van der Waals surface area contributed by atoms with E-state index < -0.39 is 12.5 Å². The van der Waals surface area contributed by atoms with Gasteiger partial charge in [0.1, 0.15) is 5.82 Å². The van der Waals surface area contributed by atoms with E-state index in [2.05, 4.69) is 30.4 Å². The normalized spacial score (nSPS) is 23.0. The molecule has 0 spiro atoms. The van der Waals surface area contributed by atoms with Crippen molar-refractivity contribution >= 4 is 23.2 Å². The van der Waals surface area contributed by atoms with Crippen LogP contribution in [0, 0.1) is 0 Å². The molecular formula is C24H25F2N7O. The number of amides is 1. The number of alkyl halides is 2. The number of nitrogens with zero attached hydrogens (tertiary/aromatic N) is 5. The lowest BCUT2D eigenvalue weighted by atomic mass is 10.0. The molecule has 10 heteroatoms. The van der Waals surface area contributed by atoms with E-state index in [1.165, 1.54) is 30.6 Å². The van der Waals surface area contributed by atoms with Crippen LogP contribution in [0.4, 0.5) is 26.1 Å². The average molecular weight is 466 g/mol. The summed E-state index contributed by atoms with van der Waals surface area (Å²) in [6.45, 7) is -0.284. The molecule has 0 aromatic carbocycles. The molecule has 3 aliphatic rings. The second-order valence-electron chi connectivity index (χ2n) is 9.28. The maximum Gasteiger partial charge on any atom is 0.266 e. The molecule has 0 atom stereocenters. The molecule has 3 saturated heterocycles. The zero-order valence-corrected chi connectivity index (χ0v) is 18.5. The number of hydrogen-bond acceptors (Lipinski definition) is 6.